The van der Waals surface area contributed by atoms with E-state index in [0.717, 1.165) is 41.3 Å². The number of morpholine rings is 1. The highest BCUT2D eigenvalue weighted by molar-refractivity contribution is 6.33. The van der Waals surface area contributed by atoms with Crippen molar-refractivity contribution in [3.05, 3.63) is 29.5 Å². The lowest BCUT2D eigenvalue weighted by atomic mass is 9.96. The molecule has 2 aliphatic heterocycles. The van der Waals surface area contributed by atoms with Crippen LogP contribution in [0.15, 0.2) is 23.9 Å². The highest BCUT2D eigenvalue weighted by atomic mass is 16.5. The fourth-order valence-corrected chi connectivity index (χ4v) is 3.23. The number of benzene rings is 1. The molecule has 0 aliphatic carbocycles. The molecule has 0 aromatic heterocycles. The van der Waals surface area contributed by atoms with Gasteiger partial charge in [-0.15, -0.1) is 0 Å². The van der Waals surface area contributed by atoms with Gasteiger partial charge in [-0.1, -0.05) is 20.8 Å². The molecule has 3 rings (SSSR count). The molecule has 0 unspecified atom stereocenters. The van der Waals surface area contributed by atoms with Crippen LogP contribution in [0.5, 0.6) is 0 Å². The van der Waals surface area contributed by atoms with E-state index in [9.17, 15) is 4.79 Å². The lowest BCUT2D eigenvalue weighted by molar-refractivity contribution is -0.113. The Bertz CT molecular complexity index is 693. The minimum Gasteiger partial charge on any atom is -0.385 e. The Morgan fingerprint density at radius 2 is 2.08 bits per heavy atom. The van der Waals surface area contributed by atoms with Crippen molar-refractivity contribution < 1.29 is 9.53 Å². The van der Waals surface area contributed by atoms with Crippen LogP contribution in [0.2, 0.25) is 0 Å². The standard InChI is InChI=1S/C20H29N3O2/c1-13(2)23-17-7-6-14(22-12-20(3,4)5)10-15(17)18(19(23)24)16-11-25-9-8-21-16/h6-7,10,13,21-22H,8-9,11-12H2,1-5H3/b18-16-. The molecule has 5 nitrogen and oxygen atoms in total. The average molecular weight is 343 g/mol. The molecule has 0 saturated carbocycles. The maximum absolute atomic E-state index is 13.1. The van der Waals surface area contributed by atoms with Gasteiger partial charge >= 0.3 is 0 Å². The van der Waals surface area contributed by atoms with Crippen LogP contribution in [0.3, 0.4) is 0 Å². The van der Waals surface area contributed by atoms with E-state index < -0.39 is 0 Å². The SMILES string of the molecule is CC(C)N1C(=O)/C(=C2/COCCN2)c2cc(NCC(C)(C)C)ccc21. The van der Waals surface area contributed by atoms with Crippen LogP contribution < -0.4 is 15.5 Å². The summed E-state index contributed by atoms with van der Waals surface area (Å²) in [5.41, 5.74) is 4.86. The third kappa shape index (κ3) is 3.66. The third-order valence-corrected chi connectivity index (χ3v) is 4.43. The normalized spacial score (nSPS) is 20.7. The first kappa shape index (κ1) is 17.8. The van der Waals surface area contributed by atoms with E-state index in [0.29, 0.717) is 13.2 Å². The van der Waals surface area contributed by atoms with Crippen LogP contribution >= 0.6 is 0 Å². The topological polar surface area (TPSA) is 53.6 Å². The number of ether oxygens (including phenoxy) is 1. The number of fused-ring (bicyclic) bond motifs is 1. The molecule has 0 bridgehead atoms. The summed E-state index contributed by atoms with van der Waals surface area (Å²) in [6, 6.07) is 6.32. The van der Waals surface area contributed by atoms with Gasteiger partial charge in [0.25, 0.3) is 5.91 Å². The second-order valence-corrected chi connectivity index (χ2v) is 8.25. The van der Waals surface area contributed by atoms with Crippen molar-refractivity contribution in [2.75, 3.05) is 36.5 Å². The lowest BCUT2D eigenvalue weighted by Gasteiger charge is -2.23. The molecular formula is C20H29N3O2. The Kier molecular flexibility index (Phi) is 4.78. The van der Waals surface area contributed by atoms with Gasteiger partial charge in [0, 0.05) is 30.4 Å². The summed E-state index contributed by atoms with van der Waals surface area (Å²) < 4.78 is 5.57. The van der Waals surface area contributed by atoms with Gasteiger partial charge in [-0.25, -0.2) is 0 Å². The first-order valence-electron chi connectivity index (χ1n) is 9.04. The van der Waals surface area contributed by atoms with Gasteiger partial charge in [-0.3, -0.25) is 4.79 Å². The minimum absolute atomic E-state index is 0.0611. The molecule has 1 fully saturated rings. The zero-order valence-electron chi connectivity index (χ0n) is 15.9. The Morgan fingerprint density at radius 1 is 1.32 bits per heavy atom. The minimum atomic E-state index is 0.0611. The quantitative estimate of drug-likeness (QED) is 0.828. The fourth-order valence-electron chi connectivity index (χ4n) is 3.23. The largest absolute Gasteiger partial charge is 0.385 e. The number of anilines is 2. The zero-order valence-corrected chi connectivity index (χ0v) is 15.9. The summed E-state index contributed by atoms with van der Waals surface area (Å²) in [7, 11) is 0. The number of nitrogens with one attached hydrogen (secondary N) is 2. The average Bonchev–Trinajstić information content (AvgIpc) is 2.84. The van der Waals surface area contributed by atoms with Crippen molar-refractivity contribution >= 4 is 22.9 Å². The fraction of sp³-hybridized carbons (Fsp3) is 0.550. The molecule has 1 aromatic carbocycles. The van der Waals surface area contributed by atoms with Crippen LogP contribution in [0, 0.1) is 5.41 Å². The first-order valence-corrected chi connectivity index (χ1v) is 9.04. The van der Waals surface area contributed by atoms with Crippen molar-refractivity contribution in [3.8, 4) is 0 Å². The van der Waals surface area contributed by atoms with Crippen molar-refractivity contribution in [1.82, 2.24) is 5.32 Å². The lowest BCUT2D eigenvalue weighted by Crippen LogP contribution is -2.35. The summed E-state index contributed by atoms with van der Waals surface area (Å²) in [4.78, 5) is 15.0. The van der Waals surface area contributed by atoms with Crippen molar-refractivity contribution in [2.45, 2.75) is 40.7 Å². The summed E-state index contributed by atoms with van der Waals surface area (Å²) in [5.74, 6) is 0.0611. The highest BCUT2D eigenvalue weighted by Gasteiger charge is 2.36. The number of carbonyl (C=O) groups is 1. The van der Waals surface area contributed by atoms with Crippen molar-refractivity contribution in [3.63, 3.8) is 0 Å². The van der Waals surface area contributed by atoms with Crippen molar-refractivity contribution in [2.24, 2.45) is 5.41 Å². The number of rotatable bonds is 3. The van der Waals surface area contributed by atoms with Crippen LogP contribution in [0.4, 0.5) is 11.4 Å². The molecule has 5 heteroatoms. The number of amides is 1. The van der Waals surface area contributed by atoms with Gasteiger partial charge in [-0.05, 0) is 37.5 Å². The van der Waals surface area contributed by atoms with Crippen molar-refractivity contribution in [1.29, 1.82) is 0 Å². The summed E-state index contributed by atoms with van der Waals surface area (Å²) in [5, 5.41) is 6.85. The molecule has 2 N–H and O–H groups in total. The molecule has 1 amide bonds. The molecule has 0 spiro atoms. The molecule has 25 heavy (non-hydrogen) atoms. The highest BCUT2D eigenvalue weighted by Crippen LogP contribution is 2.41. The van der Waals surface area contributed by atoms with Crippen LogP contribution in [-0.2, 0) is 9.53 Å². The number of hydrogen-bond donors (Lipinski definition) is 2. The van der Waals surface area contributed by atoms with E-state index in [1.165, 1.54) is 0 Å². The predicted molar refractivity (Wildman–Crippen MR) is 103 cm³/mol. The van der Waals surface area contributed by atoms with E-state index in [4.69, 9.17) is 4.74 Å². The maximum Gasteiger partial charge on any atom is 0.261 e. The van der Waals surface area contributed by atoms with Crippen LogP contribution in [0.1, 0.15) is 40.2 Å². The van der Waals surface area contributed by atoms with Gasteiger partial charge in [0.1, 0.15) is 0 Å². The van der Waals surface area contributed by atoms with Gasteiger partial charge in [0.2, 0.25) is 0 Å². The van der Waals surface area contributed by atoms with Gasteiger partial charge in [0.05, 0.1) is 30.2 Å². The Morgan fingerprint density at radius 3 is 2.68 bits per heavy atom. The van der Waals surface area contributed by atoms with E-state index in [1.54, 1.807) is 0 Å². The first-order chi connectivity index (χ1) is 11.8. The molecule has 0 radical (unpaired) electrons. The van der Waals surface area contributed by atoms with E-state index in [-0.39, 0.29) is 17.4 Å². The summed E-state index contributed by atoms with van der Waals surface area (Å²) in [6.07, 6.45) is 0. The molecule has 2 heterocycles. The molecule has 1 aromatic rings. The van der Waals surface area contributed by atoms with E-state index in [1.807, 2.05) is 18.7 Å². The predicted octanol–water partition coefficient (Wildman–Crippen LogP) is 3.23. The second-order valence-electron chi connectivity index (χ2n) is 8.25. The van der Waals surface area contributed by atoms with E-state index in [2.05, 4.69) is 49.6 Å². The molecule has 1 saturated heterocycles. The Balaban J connectivity index is 2.02. The zero-order chi connectivity index (χ0) is 18.2. The Labute approximate surface area is 150 Å². The number of hydrogen-bond acceptors (Lipinski definition) is 4. The van der Waals surface area contributed by atoms with E-state index >= 15 is 0 Å². The van der Waals surface area contributed by atoms with Crippen LogP contribution in [-0.4, -0.2) is 38.3 Å². The number of carbonyl (C=O) groups excluding carboxylic acids is 1. The van der Waals surface area contributed by atoms with Gasteiger partial charge in [0.15, 0.2) is 0 Å². The second kappa shape index (κ2) is 6.71. The maximum atomic E-state index is 13.1. The van der Waals surface area contributed by atoms with Gasteiger partial charge in [-0.2, -0.15) is 0 Å². The third-order valence-electron chi connectivity index (χ3n) is 4.43. The van der Waals surface area contributed by atoms with Gasteiger partial charge < -0.3 is 20.3 Å². The Hall–Kier alpha value is -2.01. The van der Waals surface area contributed by atoms with Crippen LogP contribution in [0.25, 0.3) is 5.57 Å². The smallest absolute Gasteiger partial charge is 0.261 e. The molecule has 0 atom stereocenters. The molecular weight excluding hydrogens is 314 g/mol. The molecule has 136 valence electrons. The summed E-state index contributed by atoms with van der Waals surface area (Å²) in [6.45, 7) is 13.5. The number of nitrogens with zero attached hydrogens (tertiary/aromatic N) is 1. The monoisotopic (exact) mass is 343 g/mol. The summed E-state index contributed by atoms with van der Waals surface area (Å²) >= 11 is 0. The molecule has 2 aliphatic rings.